The van der Waals surface area contributed by atoms with E-state index in [2.05, 4.69) is 28.4 Å². The molecule has 0 aliphatic rings. The Bertz CT molecular complexity index is 749. The van der Waals surface area contributed by atoms with Crippen molar-refractivity contribution in [2.45, 2.75) is 5.88 Å². The lowest BCUT2D eigenvalue weighted by Crippen LogP contribution is -2.00. The van der Waals surface area contributed by atoms with E-state index in [0.717, 1.165) is 5.56 Å². The van der Waals surface area contributed by atoms with Gasteiger partial charge in [-0.05, 0) is 54.2 Å². The topological polar surface area (TPSA) is 39.4 Å². The summed E-state index contributed by atoms with van der Waals surface area (Å²) in [4.78, 5) is 11.3. The number of carbonyl (C=O) groups excluding carboxylic acids is 1. The highest BCUT2D eigenvalue weighted by Gasteiger charge is 2.02. The summed E-state index contributed by atoms with van der Waals surface area (Å²) in [5.41, 5.74) is 1.25. The van der Waals surface area contributed by atoms with E-state index in [1.54, 1.807) is 36.4 Å². The van der Waals surface area contributed by atoms with Crippen molar-refractivity contribution in [2.75, 3.05) is 7.11 Å². The van der Waals surface area contributed by atoms with Gasteiger partial charge in [-0.15, -0.1) is 11.6 Å². The molecule has 0 radical (unpaired) electrons. The van der Waals surface area contributed by atoms with Crippen LogP contribution >= 0.6 is 11.6 Å². The first-order valence-electron chi connectivity index (χ1n) is 6.08. The van der Waals surface area contributed by atoms with Crippen LogP contribution in [0.3, 0.4) is 0 Å². The Morgan fingerprint density at radius 2 is 1.86 bits per heavy atom. The number of hydrogen-bond donors (Lipinski definition) is 0. The molecule has 0 saturated carbocycles. The number of furan rings is 1. The first kappa shape index (κ1) is 14.8. The van der Waals surface area contributed by atoms with Crippen molar-refractivity contribution < 1.29 is 13.9 Å². The molecular weight excluding hydrogens is 288 g/mol. The van der Waals surface area contributed by atoms with Crippen molar-refractivity contribution in [3.8, 4) is 23.7 Å². The lowest BCUT2D eigenvalue weighted by Gasteiger charge is -1.97. The first-order valence-corrected chi connectivity index (χ1v) is 6.61. The van der Waals surface area contributed by atoms with Crippen molar-refractivity contribution in [3.05, 3.63) is 59.0 Å². The van der Waals surface area contributed by atoms with Gasteiger partial charge in [0, 0.05) is 5.56 Å². The minimum atomic E-state index is -0.373. The molecule has 0 N–H and O–H groups in total. The molecule has 0 amide bonds. The monoisotopic (exact) mass is 298 g/mol. The average molecular weight is 299 g/mol. The summed E-state index contributed by atoms with van der Waals surface area (Å²) in [7, 11) is 1.34. The molecule has 2 aromatic rings. The largest absolute Gasteiger partial charge is 0.465 e. The van der Waals surface area contributed by atoms with Gasteiger partial charge in [0.05, 0.1) is 18.6 Å². The molecule has 2 rings (SSSR count). The van der Waals surface area contributed by atoms with Crippen molar-refractivity contribution in [1.82, 2.24) is 0 Å². The van der Waals surface area contributed by atoms with Crippen LogP contribution in [0.5, 0.6) is 0 Å². The van der Waals surface area contributed by atoms with Crippen molar-refractivity contribution in [3.63, 3.8) is 0 Å². The third-order valence-corrected chi connectivity index (χ3v) is 2.82. The normalized spacial score (nSPS) is 9.05. The van der Waals surface area contributed by atoms with Crippen molar-refractivity contribution >= 4 is 17.6 Å². The molecule has 0 unspecified atom stereocenters. The Morgan fingerprint density at radius 3 is 2.48 bits per heavy atom. The summed E-state index contributed by atoms with van der Waals surface area (Å²) >= 11 is 5.62. The summed E-state index contributed by atoms with van der Waals surface area (Å²) in [6, 6.07) is 10.3. The van der Waals surface area contributed by atoms with E-state index < -0.39 is 0 Å². The van der Waals surface area contributed by atoms with Crippen LogP contribution in [0.1, 0.15) is 27.4 Å². The lowest BCUT2D eigenvalue weighted by molar-refractivity contribution is 0.0600. The maximum atomic E-state index is 11.3. The first-order chi connectivity index (χ1) is 10.2. The predicted molar refractivity (Wildman–Crippen MR) is 79.8 cm³/mol. The van der Waals surface area contributed by atoms with E-state index in [0.29, 0.717) is 23.0 Å². The molecule has 0 atom stereocenters. The fourth-order valence-electron chi connectivity index (χ4n) is 1.52. The molecule has 0 aliphatic carbocycles. The van der Waals surface area contributed by atoms with Crippen molar-refractivity contribution in [1.29, 1.82) is 0 Å². The van der Waals surface area contributed by atoms with Crippen LogP contribution in [0.4, 0.5) is 0 Å². The minimum Gasteiger partial charge on any atom is -0.465 e. The molecular formula is C17H11ClO3. The van der Waals surface area contributed by atoms with Gasteiger partial charge in [-0.2, -0.15) is 0 Å². The molecule has 21 heavy (non-hydrogen) atoms. The van der Waals surface area contributed by atoms with Crippen LogP contribution in [0.15, 0.2) is 40.8 Å². The molecule has 104 valence electrons. The fraction of sp³-hybridized carbons (Fsp3) is 0.118. The highest BCUT2D eigenvalue weighted by atomic mass is 35.5. The predicted octanol–water partition coefficient (Wildman–Crippen LogP) is 3.21. The number of rotatable bonds is 2. The lowest BCUT2D eigenvalue weighted by atomic mass is 10.1. The number of ether oxygens (including phenoxy) is 1. The van der Waals surface area contributed by atoms with Crippen LogP contribution in [0.2, 0.25) is 0 Å². The standard InChI is InChI=1S/C17H11ClO3/c1-20-17(19)14-8-6-13(7-9-14)4-2-3-5-15-10-11-16(12-18)21-15/h6-11H,12H2,1H3. The molecule has 1 aromatic heterocycles. The van der Waals surface area contributed by atoms with E-state index >= 15 is 0 Å². The molecule has 0 spiro atoms. The van der Waals surface area contributed by atoms with Gasteiger partial charge < -0.3 is 9.15 Å². The van der Waals surface area contributed by atoms with E-state index in [-0.39, 0.29) is 5.97 Å². The van der Waals surface area contributed by atoms with Crippen molar-refractivity contribution in [2.24, 2.45) is 0 Å². The van der Waals surface area contributed by atoms with Crippen LogP contribution in [-0.4, -0.2) is 13.1 Å². The summed E-state index contributed by atoms with van der Waals surface area (Å²) in [6.45, 7) is 0. The second-order valence-corrected chi connectivity index (χ2v) is 4.24. The zero-order chi connectivity index (χ0) is 15.1. The van der Waals surface area contributed by atoms with Gasteiger partial charge in [-0.1, -0.05) is 5.92 Å². The second kappa shape index (κ2) is 7.24. The molecule has 3 nitrogen and oxygen atoms in total. The Kier molecular flexibility index (Phi) is 5.10. The number of esters is 1. The van der Waals surface area contributed by atoms with E-state index in [1.807, 2.05) is 0 Å². The SMILES string of the molecule is COC(=O)c1ccc(C#CC#Cc2ccc(CCl)o2)cc1. The van der Waals surface area contributed by atoms with Gasteiger partial charge in [0.15, 0.2) is 5.76 Å². The molecule has 1 heterocycles. The second-order valence-electron chi connectivity index (χ2n) is 3.97. The minimum absolute atomic E-state index is 0.319. The van der Waals surface area contributed by atoms with E-state index in [4.69, 9.17) is 16.0 Å². The van der Waals surface area contributed by atoms with Gasteiger partial charge in [-0.3, -0.25) is 0 Å². The number of halogens is 1. The summed E-state index contributed by atoms with van der Waals surface area (Å²) in [6.07, 6.45) is 0. The molecule has 1 aromatic carbocycles. The van der Waals surface area contributed by atoms with Gasteiger partial charge >= 0.3 is 5.97 Å². The van der Waals surface area contributed by atoms with E-state index in [9.17, 15) is 4.79 Å². The molecule has 0 aliphatic heterocycles. The average Bonchev–Trinajstić information content (AvgIpc) is 2.99. The highest BCUT2D eigenvalue weighted by Crippen LogP contribution is 2.08. The number of carbonyl (C=O) groups is 1. The zero-order valence-electron chi connectivity index (χ0n) is 11.3. The number of alkyl halides is 1. The van der Waals surface area contributed by atoms with E-state index in [1.165, 1.54) is 7.11 Å². The van der Waals surface area contributed by atoms with Crippen LogP contribution in [0, 0.1) is 23.7 Å². The van der Waals surface area contributed by atoms with Crippen LogP contribution < -0.4 is 0 Å². The van der Waals surface area contributed by atoms with Gasteiger partial charge in [0.25, 0.3) is 0 Å². The van der Waals surface area contributed by atoms with Gasteiger partial charge in [0.1, 0.15) is 5.76 Å². The van der Waals surface area contributed by atoms with Gasteiger partial charge in [-0.25, -0.2) is 4.79 Å². The van der Waals surface area contributed by atoms with Crippen LogP contribution in [-0.2, 0) is 10.6 Å². The molecule has 4 heteroatoms. The quantitative estimate of drug-likeness (QED) is 0.485. The Morgan fingerprint density at radius 1 is 1.14 bits per heavy atom. The Hall–Kier alpha value is -2.62. The van der Waals surface area contributed by atoms with Gasteiger partial charge in [0.2, 0.25) is 0 Å². The Balaban J connectivity index is 2.04. The third-order valence-electron chi connectivity index (χ3n) is 2.55. The summed E-state index contributed by atoms with van der Waals surface area (Å²) < 4.78 is 9.93. The maximum Gasteiger partial charge on any atom is 0.337 e. The highest BCUT2D eigenvalue weighted by molar-refractivity contribution is 6.16. The van der Waals surface area contributed by atoms with Crippen LogP contribution in [0.25, 0.3) is 0 Å². The summed E-state index contributed by atoms with van der Waals surface area (Å²) in [5, 5.41) is 0. The number of hydrogen-bond acceptors (Lipinski definition) is 3. The number of methoxy groups -OCH3 is 1. The summed E-state index contributed by atoms with van der Waals surface area (Å²) in [5.74, 6) is 12.2. The number of benzene rings is 1. The molecule has 0 fully saturated rings. The maximum absolute atomic E-state index is 11.3. The fourth-order valence-corrected chi connectivity index (χ4v) is 1.66. The third kappa shape index (κ3) is 4.18. The smallest absolute Gasteiger partial charge is 0.337 e. The molecule has 0 bridgehead atoms. The molecule has 0 saturated heterocycles. The zero-order valence-corrected chi connectivity index (χ0v) is 12.0. The Labute approximate surface area is 127 Å².